The lowest BCUT2D eigenvalue weighted by molar-refractivity contribution is 1.07. The number of pyridine rings is 2. The zero-order valence-electron chi connectivity index (χ0n) is 75.2. The molecular formula is C129H80N10. The summed E-state index contributed by atoms with van der Waals surface area (Å²) < 4.78 is 11.9. The first-order valence-corrected chi connectivity index (χ1v) is 47.3. The van der Waals surface area contributed by atoms with E-state index in [0.29, 0.717) is 17.5 Å². The minimum Gasteiger partial charge on any atom is -0.309 e. The summed E-state index contributed by atoms with van der Waals surface area (Å²) in [4.78, 5) is 25.2. The highest BCUT2D eigenvalue weighted by molar-refractivity contribution is 6.26. The van der Waals surface area contributed by atoms with Crippen molar-refractivity contribution in [2.75, 3.05) is 0 Å². The van der Waals surface area contributed by atoms with Gasteiger partial charge in [0, 0.05) is 87.6 Å². The number of benzene rings is 22. The highest BCUT2D eigenvalue weighted by Crippen LogP contribution is 2.45. The Morgan fingerprint density at radius 1 is 0.137 bits per heavy atom. The molecule has 0 unspecified atom stereocenters. The lowest BCUT2D eigenvalue weighted by Crippen LogP contribution is -2.00. The predicted octanol–water partition coefficient (Wildman–Crippen LogP) is 33.4. The van der Waals surface area contributed by atoms with Crippen LogP contribution in [0, 0.1) is 0 Å². The average molecular weight is 1770 g/mol. The molecule has 30 aromatic rings. The lowest BCUT2D eigenvalue weighted by atomic mass is 9.94. The van der Waals surface area contributed by atoms with Crippen LogP contribution in [0.15, 0.2) is 485 Å². The number of rotatable bonds is 9. The zero-order chi connectivity index (χ0) is 91.3. The number of para-hydroxylation sites is 9. The van der Waals surface area contributed by atoms with Crippen LogP contribution in [0.3, 0.4) is 0 Å². The molecule has 0 fully saturated rings. The van der Waals surface area contributed by atoms with Gasteiger partial charge in [-0.2, -0.15) is 0 Å². The fourth-order valence-corrected chi connectivity index (χ4v) is 22.0. The number of aromatic nitrogens is 10. The first-order valence-electron chi connectivity index (χ1n) is 47.3. The van der Waals surface area contributed by atoms with E-state index < -0.39 is 0 Å². The Labute approximate surface area is 797 Å². The summed E-state index contributed by atoms with van der Waals surface area (Å²) in [5.74, 6) is 1.98. The van der Waals surface area contributed by atoms with Gasteiger partial charge in [0.2, 0.25) is 0 Å². The van der Waals surface area contributed by atoms with Crippen LogP contribution in [0.25, 0.3) is 270 Å². The molecule has 8 aromatic heterocycles. The molecule has 10 heteroatoms. The first kappa shape index (κ1) is 78.8. The number of fused-ring (bicyclic) bond motifs is 32. The van der Waals surface area contributed by atoms with Crippen molar-refractivity contribution in [3.63, 3.8) is 0 Å². The minimum atomic E-state index is 0.654. The topological polar surface area (TPSA) is 88.1 Å². The van der Waals surface area contributed by atoms with Crippen molar-refractivity contribution in [3.05, 3.63) is 485 Å². The molecule has 0 N–H and O–H groups in total. The number of hydrogen-bond donors (Lipinski definition) is 0. The van der Waals surface area contributed by atoms with Crippen LogP contribution >= 0.6 is 0 Å². The summed E-state index contributed by atoms with van der Waals surface area (Å²) in [5.41, 5.74) is 28.9. The smallest absolute Gasteiger partial charge is 0.164 e. The molecule has 0 saturated carbocycles. The second kappa shape index (κ2) is 32.0. The van der Waals surface area contributed by atoms with Crippen molar-refractivity contribution in [2.45, 2.75) is 0 Å². The molecule has 0 aliphatic heterocycles. The van der Waals surface area contributed by atoms with Gasteiger partial charge in [-0.1, -0.05) is 370 Å². The fourth-order valence-electron chi connectivity index (χ4n) is 22.0. The van der Waals surface area contributed by atoms with Crippen molar-refractivity contribution < 1.29 is 0 Å². The summed E-state index contributed by atoms with van der Waals surface area (Å²) in [7, 11) is 0. The molecule has 0 aliphatic rings. The van der Waals surface area contributed by atoms with E-state index in [1.165, 1.54) is 157 Å². The Balaban J connectivity index is 0.000000105. The summed E-state index contributed by atoms with van der Waals surface area (Å²) >= 11 is 0. The highest BCUT2D eigenvalue weighted by Gasteiger charge is 2.24. The summed E-state index contributed by atoms with van der Waals surface area (Å²) in [5, 5.41) is 24.9. The van der Waals surface area contributed by atoms with Gasteiger partial charge < -0.3 is 13.7 Å². The zero-order valence-corrected chi connectivity index (χ0v) is 75.2. The highest BCUT2D eigenvalue weighted by atomic mass is 15.1. The van der Waals surface area contributed by atoms with Gasteiger partial charge in [-0.3, -0.25) is 8.80 Å². The summed E-state index contributed by atoms with van der Waals surface area (Å²) in [6.07, 6.45) is 0. The monoisotopic (exact) mass is 1770 g/mol. The Morgan fingerprint density at radius 3 is 0.914 bits per heavy atom. The molecule has 0 saturated heterocycles. The second-order valence-electron chi connectivity index (χ2n) is 36.1. The Kier molecular flexibility index (Phi) is 18.1. The third-order valence-corrected chi connectivity index (χ3v) is 28.4. The van der Waals surface area contributed by atoms with Crippen LogP contribution in [0.1, 0.15) is 0 Å². The van der Waals surface area contributed by atoms with Crippen molar-refractivity contribution in [1.29, 1.82) is 0 Å². The van der Waals surface area contributed by atoms with Crippen molar-refractivity contribution in [2.24, 2.45) is 0 Å². The van der Waals surface area contributed by atoms with Crippen LogP contribution in [0.4, 0.5) is 0 Å². The molecule has 0 spiro atoms. The van der Waals surface area contributed by atoms with Gasteiger partial charge in [0.1, 0.15) is 11.3 Å². The van der Waals surface area contributed by atoms with Gasteiger partial charge in [0.25, 0.3) is 0 Å². The van der Waals surface area contributed by atoms with Crippen LogP contribution in [0.2, 0.25) is 0 Å². The first-order chi connectivity index (χ1) is 68.9. The van der Waals surface area contributed by atoms with Crippen molar-refractivity contribution in [1.82, 2.24) is 47.4 Å². The van der Waals surface area contributed by atoms with Crippen LogP contribution in [-0.2, 0) is 0 Å². The van der Waals surface area contributed by atoms with E-state index in [9.17, 15) is 0 Å². The fraction of sp³-hybridized carbons (Fsp3) is 0. The number of nitrogens with zero attached hydrogens (tertiary/aromatic N) is 10. The van der Waals surface area contributed by atoms with E-state index >= 15 is 0 Å². The van der Waals surface area contributed by atoms with Crippen molar-refractivity contribution in [3.8, 4) is 84.6 Å². The quantitative estimate of drug-likeness (QED) is 0.134. The molecule has 0 bridgehead atoms. The Hall–Kier alpha value is -18.8. The van der Waals surface area contributed by atoms with E-state index in [2.05, 4.69) is 447 Å². The van der Waals surface area contributed by atoms with Crippen LogP contribution in [-0.4, -0.2) is 47.4 Å². The largest absolute Gasteiger partial charge is 0.309 e. The maximum Gasteiger partial charge on any atom is 0.164 e. The second-order valence-corrected chi connectivity index (χ2v) is 36.1. The van der Waals surface area contributed by atoms with Gasteiger partial charge in [-0.25, -0.2) is 24.9 Å². The lowest BCUT2D eigenvalue weighted by Gasteiger charge is -2.16. The molecule has 30 rings (SSSR count). The Morgan fingerprint density at radius 2 is 0.432 bits per heavy atom. The summed E-state index contributed by atoms with van der Waals surface area (Å²) in [6, 6.07) is 174. The van der Waals surface area contributed by atoms with Crippen LogP contribution in [0.5, 0.6) is 0 Å². The normalized spacial score (nSPS) is 11.9. The van der Waals surface area contributed by atoms with Gasteiger partial charge in [0.15, 0.2) is 17.5 Å². The third kappa shape index (κ3) is 12.9. The third-order valence-electron chi connectivity index (χ3n) is 28.4. The minimum absolute atomic E-state index is 0.654. The molecule has 646 valence electrons. The van der Waals surface area contributed by atoms with Gasteiger partial charge in [-0.05, 0) is 203 Å². The number of hydrogen-bond acceptors (Lipinski definition) is 5. The molecule has 0 aliphatic carbocycles. The molecule has 0 radical (unpaired) electrons. The van der Waals surface area contributed by atoms with Gasteiger partial charge >= 0.3 is 0 Å². The maximum atomic E-state index is 5.49. The molecule has 8 heterocycles. The van der Waals surface area contributed by atoms with E-state index in [1.807, 2.05) is 60.7 Å². The molecular weight excluding hydrogens is 1690 g/mol. The van der Waals surface area contributed by atoms with E-state index in [-0.39, 0.29) is 0 Å². The molecule has 0 amide bonds. The van der Waals surface area contributed by atoms with Crippen molar-refractivity contribution >= 4 is 185 Å². The van der Waals surface area contributed by atoms with Gasteiger partial charge in [0.05, 0.1) is 66.2 Å². The van der Waals surface area contributed by atoms with E-state index in [0.717, 1.165) is 94.9 Å². The standard InChI is InChI=1S/C53H32N4.C39H26N4.C37H22N2/c1-2-14-38-33(13-1)25-27-44-43-19-7-12-24-50(43)57-51-28-26-34(31-45(51)54-53(57)52(38)44)35-29-36(55-46-20-8-3-15-39(46)40-16-4-9-21-47(40)55)32-37(30-35)56-48-22-10-5-17-41(48)42-18-6-11-23-49(42)56;1-3-11-29(12-4-1)37-40-38(30-13-5-2-6-14-30)42-39(41-37)31-21-19-27(20-22-31)28-23-25-32(26-24-28)43-35-17-9-7-15-33(35)34-16-8-10-18-36(34)43;1-3-9-28-23(7-1)13-14-25-15-16-26(21-31(25)28)27-18-20-34-32(22-27)30-19-17-24-8-2-4-10-29(24)36(30)37-38-33-11-5-6-12-35(33)39(34)37/h1-32H;1-26H;1-22H. The maximum absolute atomic E-state index is 5.49. The van der Waals surface area contributed by atoms with E-state index in [4.69, 9.17) is 24.9 Å². The Bertz CT molecular complexity index is 9950. The average Bonchev–Trinajstić information content (AvgIpc) is 1.66. The van der Waals surface area contributed by atoms with Crippen LogP contribution < -0.4 is 0 Å². The number of imidazole rings is 2. The summed E-state index contributed by atoms with van der Waals surface area (Å²) in [6.45, 7) is 0. The molecule has 139 heavy (non-hydrogen) atoms. The SMILES string of the molecule is c1ccc(-c2nc(-c3ccccc3)nc(-c3ccc(-c4ccc(-n5c6ccccc6c6ccccc65)cc4)cc3)n2)cc1.c1ccc2c(c1)ccc1c3ccccc3n3c4ccc(-c5cc(-n6c7ccccc7c7ccccc76)cc(-n6c7ccccc7c7ccccc76)c5)cc4nc3c21.c1ccc2c(c1)ccc1ccc(-c3ccc4c(c3)c3ccc5ccccc5c3c3nc5ccccc5n43)cc12. The molecule has 10 nitrogen and oxygen atoms in total. The molecule has 22 aromatic carbocycles. The molecule has 0 atom stereocenters. The van der Waals surface area contributed by atoms with E-state index in [1.54, 1.807) is 0 Å². The van der Waals surface area contributed by atoms with Gasteiger partial charge in [-0.15, -0.1) is 0 Å². The predicted molar refractivity (Wildman–Crippen MR) is 581 cm³/mol.